The van der Waals surface area contributed by atoms with Gasteiger partial charge in [0.1, 0.15) is 12.7 Å². The first-order chi connectivity index (χ1) is 13.9. The Bertz CT molecular complexity index is 923. The Kier molecular flexibility index (Phi) is 5.58. The van der Waals surface area contributed by atoms with Crippen LogP contribution in [0.1, 0.15) is 31.5 Å². The molecule has 1 unspecified atom stereocenters. The van der Waals surface area contributed by atoms with Gasteiger partial charge in [-0.2, -0.15) is 0 Å². The summed E-state index contributed by atoms with van der Waals surface area (Å²) < 4.78 is 23.0. The van der Waals surface area contributed by atoms with E-state index in [1.165, 1.54) is 5.57 Å². The molecule has 0 bridgehead atoms. The van der Waals surface area contributed by atoms with Crippen molar-refractivity contribution >= 4 is 11.3 Å². The maximum Gasteiger partial charge on any atom is 0.214 e. The van der Waals surface area contributed by atoms with E-state index in [-0.39, 0.29) is 6.10 Å². The Hall–Kier alpha value is -2.41. The van der Waals surface area contributed by atoms with E-state index >= 15 is 0 Å². The first kappa shape index (κ1) is 19.9. The number of aromatic nitrogens is 1. The predicted octanol–water partition coefficient (Wildman–Crippen LogP) is 3.97. The highest BCUT2D eigenvalue weighted by Gasteiger charge is 2.33. The first-order valence-electron chi connectivity index (χ1n) is 10.00. The molecule has 1 atom stereocenters. The lowest BCUT2D eigenvalue weighted by Gasteiger charge is -2.18. The molecule has 29 heavy (non-hydrogen) atoms. The molecule has 0 spiro atoms. The summed E-state index contributed by atoms with van der Waals surface area (Å²) in [4.78, 5) is 4.76. The van der Waals surface area contributed by atoms with Crippen molar-refractivity contribution in [3.63, 3.8) is 0 Å². The van der Waals surface area contributed by atoms with E-state index in [0.29, 0.717) is 32.3 Å². The summed E-state index contributed by atoms with van der Waals surface area (Å²) in [6, 6.07) is 10.0. The summed E-state index contributed by atoms with van der Waals surface area (Å²) in [6.07, 6.45) is 2.80. The molecule has 1 fully saturated rings. The molecule has 2 aromatic rings. The molecule has 3 heterocycles. The summed E-state index contributed by atoms with van der Waals surface area (Å²) in [6.45, 7) is 8.10. The summed E-state index contributed by atoms with van der Waals surface area (Å²) >= 11 is 0. The summed E-state index contributed by atoms with van der Waals surface area (Å²) in [5.74, 6) is 0.0000709. The van der Waals surface area contributed by atoms with E-state index in [9.17, 15) is 0 Å². The molecular weight excluding hydrogens is 368 g/mol. The van der Waals surface area contributed by atoms with Crippen molar-refractivity contribution in [2.45, 2.75) is 39.1 Å². The molecule has 4 rings (SSSR count). The molecule has 2 N–H and O–H groups in total. The minimum absolute atomic E-state index is 0.115. The average molecular weight is 396 g/mol. The molecule has 0 saturated carbocycles. The van der Waals surface area contributed by atoms with Crippen LogP contribution in [0, 0.1) is 6.92 Å². The molecule has 154 valence electrons. The number of hydrogen-bond acceptors (Lipinski definition) is 6. The minimum atomic E-state index is -0.569. The fourth-order valence-electron chi connectivity index (χ4n) is 3.63. The molecular formula is C23H28N2O4. The van der Waals surface area contributed by atoms with Gasteiger partial charge in [-0.1, -0.05) is 12.1 Å². The highest BCUT2D eigenvalue weighted by Crippen LogP contribution is 2.32. The number of nitrogen functional groups attached to an aromatic ring is 1. The van der Waals surface area contributed by atoms with Gasteiger partial charge in [-0.05, 0) is 67.7 Å². The number of nitrogens with two attached hydrogens (primary N) is 1. The molecule has 1 saturated heterocycles. The Labute approximate surface area is 171 Å². The zero-order valence-corrected chi connectivity index (χ0v) is 17.2. The SMILES string of the molecule is Cc1ccc(N)cc1-c1cc(OCC2COC(C)(C)O2)nc(C2=CCOCC2)c1. The monoisotopic (exact) mass is 396 g/mol. The second-order valence-corrected chi connectivity index (χ2v) is 7.97. The molecule has 6 nitrogen and oxygen atoms in total. The minimum Gasteiger partial charge on any atom is -0.475 e. The number of pyridine rings is 1. The van der Waals surface area contributed by atoms with Crippen LogP contribution in [0.4, 0.5) is 5.69 Å². The Morgan fingerprint density at radius 3 is 2.83 bits per heavy atom. The Balaban J connectivity index is 1.65. The third-order valence-corrected chi connectivity index (χ3v) is 5.15. The van der Waals surface area contributed by atoms with Crippen molar-refractivity contribution in [2.24, 2.45) is 0 Å². The third kappa shape index (κ3) is 4.78. The van der Waals surface area contributed by atoms with Crippen molar-refractivity contribution in [3.8, 4) is 17.0 Å². The number of anilines is 1. The van der Waals surface area contributed by atoms with Gasteiger partial charge in [0.15, 0.2) is 5.79 Å². The predicted molar refractivity (Wildman–Crippen MR) is 113 cm³/mol. The molecule has 1 aromatic carbocycles. The van der Waals surface area contributed by atoms with Crippen LogP contribution < -0.4 is 10.5 Å². The number of rotatable bonds is 5. The van der Waals surface area contributed by atoms with E-state index < -0.39 is 5.79 Å². The highest BCUT2D eigenvalue weighted by atomic mass is 16.7. The third-order valence-electron chi connectivity index (χ3n) is 5.15. The fraction of sp³-hybridized carbons (Fsp3) is 0.435. The maximum atomic E-state index is 6.05. The van der Waals surface area contributed by atoms with Gasteiger partial charge in [0.25, 0.3) is 0 Å². The van der Waals surface area contributed by atoms with Gasteiger partial charge in [-0.25, -0.2) is 4.98 Å². The van der Waals surface area contributed by atoms with E-state index in [2.05, 4.69) is 19.1 Å². The number of aryl methyl sites for hydroxylation is 1. The van der Waals surface area contributed by atoms with Crippen LogP contribution in [0.5, 0.6) is 5.88 Å². The largest absolute Gasteiger partial charge is 0.475 e. The van der Waals surface area contributed by atoms with Crippen molar-refractivity contribution in [1.82, 2.24) is 4.98 Å². The molecule has 2 aliphatic heterocycles. The zero-order valence-electron chi connectivity index (χ0n) is 17.2. The van der Waals surface area contributed by atoms with Gasteiger partial charge in [0.2, 0.25) is 5.88 Å². The number of nitrogens with zero attached hydrogens (tertiary/aromatic N) is 1. The van der Waals surface area contributed by atoms with Gasteiger partial charge in [0.05, 0.1) is 25.5 Å². The Morgan fingerprint density at radius 1 is 1.24 bits per heavy atom. The van der Waals surface area contributed by atoms with Crippen LogP contribution in [0.25, 0.3) is 16.7 Å². The molecule has 0 amide bonds. The fourth-order valence-corrected chi connectivity index (χ4v) is 3.63. The molecule has 6 heteroatoms. The number of hydrogen-bond donors (Lipinski definition) is 1. The number of benzene rings is 1. The van der Waals surface area contributed by atoms with E-state index in [1.807, 2.05) is 38.1 Å². The first-order valence-corrected chi connectivity index (χ1v) is 10.00. The van der Waals surface area contributed by atoms with Crippen molar-refractivity contribution in [2.75, 3.05) is 32.2 Å². The van der Waals surface area contributed by atoms with Crippen LogP contribution in [-0.4, -0.2) is 43.3 Å². The summed E-state index contributed by atoms with van der Waals surface area (Å²) in [7, 11) is 0. The van der Waals surface area contributed by atoms with Crippen LogP contribution in [-0.2, 0) is 14.2 Å². The zero-order chi connectivity index (χ0) is 20.4. The van der Waals surface area contributed by atoms with Crippen molar-refractivity contribution < 1.29 is 18.9 Å². The van der Waals surface area contributed by atoms with Crippen LogP contribution in [0.2, 0.25) is 0 Å². The highest BCUT2D eigenvalue weighted by molar-refractivity contribution is 5.75. The topological polar surface area (TPSA) is 75.8 Å². The normalized spacial score (nSPS) is 21.1. The number of ether oxygens (including phenoxy) is 4. The molecule has 2 aliphatic rings. The van der Waals surface area contributed by atoms with E-state index in [4.69, 9.17) is 29.7 Å². The Morgan fingerprint density at radius 2 is 2.10 bits per heavy atom. The smallest absolute Gasteiger partial charge is 0.214 e. The van der Waals surface area contributed by atoms with Gasteiger partial charge in [-0.15, -0.1) is 0 Å². The van der Waals surface area contributed by atoms with Crippen LogP contribution in [0.15, 0.2) is 36.4 Å². The second-order valence-electron chi connectivity index (χ2n) is 7.97. The average Bonchev–Trinajstić information content (AvgIpc) is 3.07. The molecule has 0 aliphatic carbocycles. The summed E-state index contributed by atoms with van der Waals surface area (Å²) in [5.41, 5.74) is 12.1. The standard InChI is InChI=1S/C23H28N2O4/c1-15-4-5-18(24)12-20(15)17-10-21(16-6-8-26-9-7-16)25-22(11-17)27-13-19-14-28-23(2,3)29-19/h4-6,10-12,19H,7-9,13-14,24H2,1-3H3. The van der Waals surface area contributed by atoms with Gasteiger partial charge in [0, 0.05) is 11.8 Å². The lowest BCUT2D eigenvalue weighted by molar-refractivity contribution is -0.141. The van der Waals surface area contributed by atoms with Crippen LogP contribution in [0.3, 0.4) is 0 Å². The molecule has 0 radical (unpaired) electrons. The van der Waals surface area contributed by atoms with Crippen molar-refractivity contribution in [1.29, 1.82) is 0 Å². The van der Waals surface area contributed by atoms with Crippen molar-refractivity contribution in [3.05, 3.63) is 47.7 Å². The second kappa shape index (κ2) is 8.14. The van der Waals surface area contributed by atoms with Gasteiger partial charge >= 0.3 is 0 Å². The van der Waals surface area contributed by atoms with Gasteiger partial charge in [-0.3, -0.25) is 0 Å². The van der Waals surface area contributed by atoms with E-state index in [0.717, 1.165) is 34.5 Å². The van der Waals surface area contributed by atoms with Crippen LogP contribution >= 0.6 is 0 Å². The lowest BCUT2D eigenvalue weighted by atomic mass is 9.97. The van der Waals surface area contributed by atoms with Gasteiger partial charge < -0.3 is 24.7 Å². The molecule has 1 aromatic heterocycles. The maximum absolute atomic E-state index is 6.05. The van der Waals surface area contributed by atoms with E-state index in [1.54, 1.807) is 0 Å². The quantitative estimate of drug-likeness (QED) is 0.771. The lowest BCUT2D eigenvalue weighted by Crippen LogP contribution is -2.25. The summed E-state index contributed by atoms with van der Waals surface area (Å²) in [5, 5.41) is 0.